The fourth-order valence-corrected chi connectivity index (χ4v) is 3.75. The predicted octanol–water partition coefficient (Wildman–Crippen LogP) is 3.33. The van der Waals surface area contributed by atoms with Crippen molar-refractivity contribution in [3.63, 3.8) is 0 Å². The van der Waals surface area contributed by atoms with Gasteiger partial charge in [-0.1, -0.05) is 6.08 Å². The maximum absolute atomic E-state index is 10.1. The number of hydrogen-bond donors (Lipinski definition) is 3. The molecule has 0 amide bonds. The van der Waals surface area contributed by atoms with Crippen LogP contribution < -0.4 is 19.0 Å². The first-order valence-corrected chi connectivity index (χ1v) is 10.2. The predicted molar refractivity (Wildman–Crippen MR) is 122 cm³/mol. The molecule has 1 heterocycles. The summed E-state index contributed by atoms with van der Waals surface area (Å²) in [7, 11) is 4.60. The lowest BCUT2D eigenvalue weighted by Gasteiger charge is -2.14. The summed E-state index contributed by atoms with van der Waals surface area (Å²) < 4.78 is 17.9. The highest BCUT2D eigenvalue weighted by molar-refractivity contribution is 7.07. The van der Waals surface area contributed by atoms with Gasteiger partial charge in [-0.05, 0) is 24.3 Å². The van der Waals surface area contributed by atoms with Crippen molar-refractivity contribution in [2.45, 2.75) is 0 Å². The van der Waals surface area contributed by atoms with Gasteiger partial charge < -0.3 is 29.5 Å². The molecule has 0 fully saturated rings. The van der Waals surface area contributed by atoms with Crippen LogP contribution in [-0.4, -0.2) is 54.1 Å². The van der Waals surface area contributed by atoms with Crippen LogP contribution in [0.1, 0.15) is 5.56 Å². The lowest BCUT2D eigenvalue weighted by Crippen LogP contribution is -2.12. The van der Waals surface area contributed by atoms with Crippen LogP contribution in [-0.2, 0) is 0 Å². The Hall–Kier alpha value is -3.92. The van der Waals surface area contributed by atoms with Crippen molar-refractivity contribution in [3.05, 3.63) is 52.7 Å². The van der Waals surface area contributed by atoms with E-state index in [2.05, 4.69) is 16.7 Å². The van der Waals surface area contributed by atoms with Gasteiger partial charge in [0.25, 0.3) is 0 Å². The van der Waals surface area contributed by atoms with Crippen LogP contribution in [0.4, 0.5) is 0 Å². The van der Waals surface area contributed by atoms with Crippen LogP contribution in [0.15, 0.2) is 52.4 Å². The Balaban J connectivity index is 2.19. The van der Waals surface area contributed by atoms with Crippen molar-refractivity contribution < 1.29 is 29.5 Å². The molecule has 0 unspecified atom stereocenters. The number of ether oxygens (including phenoxy) is 3. The third kappa shape index (κ3) is 4.40. The van der Waals surface area contributed by atoms with E-state index in [1.807, 2.05) is 5.38 Å². The highest BCUT2D eigenvalue weighted by Crippen LogP contribution is 2.41. The number of aromatic nitrogens is 1. The number of methoxy groups -OCH3 is 3. The number of thiazole rings is 1. The molecule has 3 aromatic rings. The minimum Gasteiger partial charge on any atom is -0.504 e. The quantitative estimate of drug-likeness (QED) is 0.271. The number of phenols is 3. The molecule has 32 heavy (non-hydrogen) atoms. The first-order chi connectivity index (χ1) is 15.4. The Bertz CT molecular complexity index is 1200. The van der Waals surface area contributed by atoms with Crippen LogP contribution in [0, 0.1) is 0 Å². The largest absolute Gasteiger partial charge is 0.504 e. The zero-order valence-electron chi connectivity index (χ0n) is 17.8. The van der Waals surface area contributed by atoms with Crippen molar-refractivity contribution >= 4 is 17.6 Å². The minimum absolute atomic E-state index is 0.213. The summed E-state index contributed by atoms with van der Waals surface area (Å²) in [5.74, 6) is -0.106. The van der Waals surface area contributed by atoms with Gasteiger partial charge in [0.05, 0.1) is 39.8 Å². The summed E-state index contributed by atoms with van der Waals surface area (Å²) in [5.41, 5.74) is 1.62. The summed E-state index contributed by atoms with van der Waals surface area (Å²) in [6, 6.07) is 6.27. The summed E-state index contributed by atoms with van der Waals surface area (Å²) in [4.78, 5) is 5.04. The normalized spacial score (nSPS) is 11.7. The molecule has 10 heteroatoms. The SMILES string of the molecule is C=CCN=c1scc(-c2cc(OC)c(OC)c(OC)c2)n1N=Cc1ccc(O)c(O)c1O. The van der Waals surface area contributed by atoms with Gasteiger partial charge in [-0.2, -0.15) is 5.10 Å². The van der Waals surface area contributed by atoms with E-state index < -0.39 is 17.2 Å². The Morgan fingerprint density at radius 1 is 1.03 bits per heavy atom. The zero-order chi connectivity index (χ0) is 23.3. The van der Waals surface area contributed by atoms with Gasteiger partial charge in [-0.25, -0.2) is 4.68 Å². The molecule has 2 aromatic carbocycles. The van der Waals surface area contributed by atoms with Gasteiger partial charge in [0, 0.05) is 16.5 Å². The van der Waals surface area contributed by atoms with E-state index in [9.17, 15) is 15.3 Å². The van der Waals surface area contributed by atoms with E-state index in [1.165, 1.54) is 51.0 Å². The van der Waals surface area contributed by atoms with E-state index >= 15 is 0 Å². The molecule has 0 saturated heterocycles. The average Bonchev–Trinajstić information content (AvgIpc) is 3.22. The zero-order valence-corrected chi connectivity index (χ0v) is 18.6. The van der Waals surface area contributed by atoms with Crippen molar-refractivity contribution in [3.8, 4) is 45.8 Å². The molecule has 0 atom stereocenters. The maximum Gasteiger partial charge on any atom is 0.206 e. The molecule has 3 rings (SSSR count). The summed E-state index contributed by atoms with van der Waals surface area (Å²) in [5, 5.41) is 35.7. The molecule has 0 spiro atoms. The van der Waals surface area contributed by atoms with E-state index in [0.29, 0.717) is 34.3 Å². The Morgan fingerprint density at radius 2 is 1.72 bits per heavy atom. The Labute approximate surface area is 188 Å². The first-order valence-electron chi connectivity index (χ1n) is 9.35. The number of phenolic OH excluding ortho intramolecular Hbond substituents is 3. The van der Waals surface area contributed by atoms with E-state index in [0.717, 1.165) is 5.56 Å². The number of benzene rings is 2. The van der Waals surface area contributed by atoms with Gasteiger partial charge in [0.2, 0.25) is 16.3 Å². The van der Waals surface area contributed by atoms with Gasteiger partial charge in [0.1, 0.15) is 0 Å². The minimum atomic E-state index is -0.620. The molecule has 168 valence electrons. The molecule has 0 aliphatic carbocycles. The summed E-state index contributed by atoms with van der Waals surface area (Å²) in [6.07, 6.45) is 3.02. The van der Waals surface area contributed by atoms with Gasteiger partial charge >= 0.3 is 0 Å². The lowest BCUT2D eigenvalue weighted by molar-refractivity contribution is 0.324. The smallest absolute Gasteiger partial charge is 0.206 e. The third-order valence-corrected chi connectivity index (χ3v) is 5.33. The molecule has 0 radical (unpaired) electrons. The molecule has 0 aliphatic rings. The topological polar surface area (TPSA) is 118 Å². The summed E-state index contributed by atoms with van der Waals surface area (Å²) in [6.45, 7) is 4.07. The standard InChI is InChI=1S/C22H23N3O6S/c1-5-8-23-22-25(24-11-13-6-7-16(26)20(28)19(13)27)15(12-32-22)14-9-17(29-2)21(31-4)18(10-14)30-3/h5-7,9-12,26-28H,1,8H2,2-4H3. The van der Waals surface area contributed by atoms with Crippen LogP contribution in [0.3, 0.4) is 0 Å². The van der Waals surface area contributed by atoms with Gasteiger partial charge in [0.15, 0.2) is 23.0 Å². The Morgan fingerprint density at radius 3 is 2.31 bits per heavy atom. The van der Waals surface area contributed by atoms with Crippen molar-refractivity contribution in [2.75, 3.05) is 27.9 Å². The molecular formula is C22H23N3O6S. The van der Waals surface area contributed by atoms with E-state index in [4.69, 9.17) is 14.2 Å². The van der Waals surface area contributed by atoms with E-state index in [-0.39, 0.29) is 5.56 Å². The number of rotatable bonds is 8. The third-order valence-electron chi connectivity index (χ3n) is 4.47. The fraction of sp³-hybridized carbons (Fsp3) is 0.182. The van der Waals surface area contributed by atoms with Crippen LogP contribution in [0.25, 0.3) is 11.3 Å². The molecule has 0 aliphatic heterocycles. The van der Waals surface area contributed by atoms with Gasteiger partial charge in [-0.15, -0.1) is 17.9 Å². The molecular weight excluding hydrogens is 434 g/mol. The van der Waals surface area contributed by atoms with Crippen molar-refractivity contribution in [1.29, 1.82) is 0 Å². The second-order valence-corrected chi connectivity index (χ2v) is 7.21. The van der Waals surface area contributed by atoms with Gasteiger partial charge in [-0.3, -0.25) is 4.99 Å². The first kappa shape index (κ1) is 22.8. The van der Waals surface area contributed by atoms with Crippen LogP contribution in [0.2, 0.25) is 0 Å². The van der Waals surface area contributed by atoms with Crippen LogP contribution in [0.5, 0.6) is 34.5 Å². The van der Waals surface area contributed by atoms with Crippen LogP contribution >= 0.6 is 11.3 Å². The average molecular weight is 458 g/mol. The fourth-order valence-electron chi connectivity index (χ4n) is 2.90. The Kier molecular flexibility index (Phi) is 7.06. The van der Waals surface area contributed by atoms with Crippen molar-refractivity contribution in [2.24, 2.45) is 10.1 Å². The lowest BCUT2D eigenvalue weighted by atomic mass is 10.1. The van der Waals surface area contributed by atoms with E-state index in [1.54, 1.807) is 22.9 Å². The number of hydrogen-bond acceptors (Lipinski definition) is 9. The second kappa shape index (κ2) is 9.92. The molecule has 0 bridgehead atoms. The molecule has 1 aromatic heterocycles. The maximum atomic E-state index is 10.1. The number of aromatic hydroxyl groups is 3. The summed E-state index contributed by atoms with van der Waals surface area (Å²) >= 11 is 1.36. The molecule has 3 N–H and O–H groups in total. The second-order valence-electron chi connectivity index (χ2n) is 6.37. The molecule has 0 saturated carbocycles. The number of nitrogens with zero attached hydrogens (tertiary/aromatic N) is 3. The highest BCUT2D eigenvalue weighted by atomic mass is 32.1. The van der Waals surface area contributed by atoms with Crippen molar-refractivity contribution in [1.82, 2.24) is 4.68 Å². The monoisotopic (exact) mass is 457 g/mol. The highest BCUT2D eigenvalue weighted by Gasteiger charge is 2.17. The molecule has 9 nitrogen and oxygen atoms in total.